The molecule has 0 radical (unpaired) electrons. The number of hydrogen-bond donors (Lipinski definition) is 1. The van der Waals surface area contributed by atoms with Crippen LogP contribution < -0.4 is 5.32 Å². The van der Waals surface area contributed by atoms with Gasteiger partial charge in [-0.25, -0.2) is 0 Å². The van der Waals surface area contributed by atoms with Crippen LogP contribution >= 0.6 is 39.3 Å². The number of carbonyl (C=O) groups excluding carboxylic acids is 1. The summed E-state index contributed by atoms with van der Waals surface area (Å²) in [6, 6.07) is 5.29. The highest BCUT2D eigenvalue weighted by Gasteiger charge is 2.14. The number of halogens is 2. The maximum absolute atomic E-state index is 11.7. The quantitative estimate of drug-likeness (QED) is 0.876. The van der Waals surface area contributed by atoms with Gasteiger partial charge in [0.15, 0.2) is 0 Å². The van der Waals surface area contributed by atoms with E-state index in [1.54, 1.807) is 30.0 Å². The monoisotopic (exact) mass is 335 g/mol. The van der Waals surface area contributed by atoms with Crippen molar-refractivity contribution in [3.8, 4) is 0 Å². The Kier molecular flexibility index (Phi) is 5.35. The fourth-order valence-electron chi connectivity index (χ4n) is 1.06. The summed E-state index contributed by atoms with van der Waals surface area (Å²) in [7, 11) is 0. The normalized spacial score (nSPS) is 11.4. The third-order valence-electron chi connectivity index (χ3n) is 1.84. The van der Waals surface area contributed by atoms with Crippen LogP contribution in [0.2, 0.25) is 5.02 Å². The lowest BCUT2D eigenvalue weighted by molar-refractivity contribution is -0.113. The largest absolute Gasteiger partial charge is 0.324 e. The number of anilines is 1. The summed E-state index contributed by atoms with van der Waals surface area (Å²) >= 11 is 10.8. The van der Waals surface area contributed by atoms with E-state index in [2.05, 4.69) is 42.0 Å². The second-order valence-electron chi connectivity index (χ2n) is 4.57. The van der Waals surface area contributed by atoms with Crippen LogP contribution in [0.4, 0.5) is 5.69 Å². The molecule has 0 saturated carbocycles. The van der Waals surface area contributed by atoms with Crippen molar-refractivity contribution in [1.82, 2.24) is 0 Å². The molecule has 0 aliphatic heterocycles. The molecule has 0 fully saturated rings. The number of carbonyl (C=O) groups is 1. The number of thioether (sulfide) groups is 1. The van der Waals surface area contributed by atoms with E-state index < -0.39 is 0 Å². The van der Waals surface area contributed by atoms with Gasteiger partial charge in [0.1, 0.15) is 0 Å². The van der Waals surface area contributed by atoms with Crippen LogP contribution in [0.1, 0.15) is 20.8 Å². The van der Waals surface area contributed by atoms with Crippen molar-refractivity contribution in [2.24, 2.45) is 0 Å². The van der Waals surface area contributed by atoms with Crippen LogP contribution in [0.15, 0.2) is 22.7 Å². The Hall–Kier alpha value is -0.190. The molecule has 0 heterocycles. The zero-order valence-corrected chi connectivity index (χ0v) is 13.2. The summed E-state index contributed by atoms with van der Waals surface area (Å²) in [4.78, 5) is 11.7. The molecule has 1 N–H and O–H groups in total. The molecule has 0 bridgehead atoms. The molecular weight excluding hydrogens is 322 g/mol. The molecule has 2 nitrogen and oxygen atoms in total. The van der Waals surface area contributed by atoms with E-state index in [0.29, 0.717) is 10.8 Å². The van der Waals surface area contributed by atoms with Gasteiger partial charge in [-0.15, -0.1) is 11.8 Å². The van der Waals surface area contributed by atoms with Gasteiger partial charge in [0.05, 0.1) is 11.4 Å². The van der Waals surface area contributed by atoms with Gasteiger partial charge in [-0.1, -0.05) is 32.4 Å². The Morgan fingerprint density at radius 3 is 2.65 bits per heavy atom. The number of amides is 1. The zero-order valence-electron chi connectivity index (χ0n) is 10.0. The predicted octanol–water partition coefficient (Wildman–Crippen LogP) is 4.57. The van der Waals surface area contributed by atoms with Crippen molar-refractivity contribution < 1.29 is 4.79 Å². The van der Waals surface area contributed by atoms with Crippen molar-refractivity contribution in [2.75, 3.05) is 11.1 Å². The first-order valence-electron chi connectivity index (χ1n) is 5.17. The fraction of sp³-hybridized carbons (Fsp3) is 0.417. The van der Waals surface area contributed by atoms with Crippen molar-refractivity contribution in [3.63, 3.8) is 0 Å². The molecule has 1 rings (SSSR count). The Bertz CT molecular complexity index is 417. The van der Waals surface area contributed by atoms with E-state index in [-0.39, 0.29) is 10.7 Å². The summed E-state index contributed by atoms with van der Waals surface area (Å²) in [6.45, 7) is 6.26. The van der Waals surface area contributed by atoms with Gasteiger partial charge < -0.3 is 5.32 Å². The maximum atomic E-state index is 11.7. The van der Waals surface area contributed by atoms with E-state index >= 15 is 0 Å². The van der Waals surface area contributed by atoms with Crippen molar-refractivity contribution >= 4 is 50.9 Å². The lowest BCUT2D eigenvalue weighted by Crippen LogP contribution is -2.19. The summed E-state index contributed by atoms with van der Waals surface area (Å²) in [5.74, 6) is 0.436. The van der Waals surface area contributed by atoms with Crippen LogP contribution in [0.25, 0.3) is 0 Å². The smallest absolute Gasteiger partial charge is 0.234 e. The molecule has 0 spiro atoms. The molecule has 0 aliphatic rings. The predicted molar refractivity (Wildman–Crippen MR) is 80.0 cm³/mol. The van der Waals surface area contributed by atoms with Crippen molar-refractivity contribution in [1.29, 1.82) is 0 Å². The SMILES string of the molecule is CC(C)(C)SCC(=O)Nc1ccc(Cl)cc1Br. The van der Waals surface area contributed by atoms with Crippen LogP contribution in [-0.4, -0.2) is 16.4 Å². The van der Waals surface area contributed by atoms with Gasteiger partial charge >= 0.3 is 0 Å². The summed E-state index contributed by atoms with van der Waals surface area (Å²) in [6.07, 6.45) is 0. The zero-order chi connectivity index (χ0) is 13.1. The van der Waals surface area contributed by atoms with Gasteiger partial charge in [0.25, 0.3) is 0 Å². The average Bonchev–Trinajstić information content (AvgIpc) is 2.18. The van der Waals surface area contributed by atoms with Gasteiger partial charge in [0.2, 0.25) is 5.91 Å². The number of rotatable bonds is 3. The number of hydrogen-bond acceptors (Lipinski definition) is 2. The van der Waals surface area contributed by atoms with E-state index in [4.69, 9.17) is 11.6 Å². The third kappa shape index (κ3) is 5.80. The molecule has 94 valence electrons. The van der Waals surface area contributed by atoms with Crippen LogP contribution in [0.3, 0.4) is 0 Å². The first-order chi connectivity index (χ1) is 7.78. The van der Waals surface area contributed by atoms with E-state index in [0.717, 1.165) is 10.2 Å². The summed E-state index contributed by atoms with van der Waals surface area (Å²) in [5.41, 5.74) is 0.744. The minimum atomic E-state index is -0.00653. The molecular formula is C12H15BrClNOS. The fourth-order valence-corrected chi connectivity index (χ4v) is 2.48. The van der Waals surface area contributed by atoms with E-state index in [9.17, 15) is 4.79 Å². The molecule has 0 atom stereocenters. The van der Waals surface area contributed by atoms with Crippen LogP contribution in [0.5, 0.6) is 0 Å². The lowest BCUT2D eigenvalue weighted by Gasteiger charge is -2.17. The van der Waals surface area contributed by atoms with Gasteiger partial charge in [-0.2, -0.15) is 0 Å². The highest BCUT2D eigenvalue weighted by molar-refractivity contribution is 9.10. The molecule has 1 aromatic carbocycles. The van der Waals surface area contributed by atoms with Gasteiger partial charge in [-0.3, -0.25) is 4.79 Å². The molecule has 0 aromatic heterocycles. The summed E-state index contributed by atoms with van der Waals surface area (Å²) in [5, 5.41) is 3.48. The minimum Gasteiger partial charge on any atom is -0.324 e. The van der Waals surface area contributed by atoms with Gasteiger partial charge in [-0.05, 0) is 34.1 Å². The van der Waals surface area contributed by atoms with Crippen LogP contribution in [0, 0.1) is 0 Å². The maximum Gasteiger partial charge on any atom is 0.234 e. The third-order valence-corrected chi connectivity index (χ3v) is 4.01. The Labute approximate surface area is 120 Å². The molecule has 0 unspecified atom stereocenters. The first-order valence-corrected chi connectivity index (χ1v) is 7.32. The highest BCUT2D eigenvalue weighted by Crippen LogP contribution is 2.27. The molecule has 0 aliphatic carbocycles. The second-order valence-corrected chi connectivity index (χ2v) is 7.67. The number of benzene rings is 1. The van der Waals surface area contributed by atoms with E-state index in [1.807, 2.05) is 0 Å². The highest BCUT2D eigenvalue weighted by atomic mass is 79.9. The van der Waals surface area contributed by atoms with E-state index in [1.165, 1.54) is 0 Å². The molecule has 1 aromatic rings. The Balaban J connectivity index is 2.57. The Morgan fingerprint density at radius 2 is 2.12 bits per heavy atom. The van der Waals surface area contributed by atoms with Gasteiger partial charge in [0, 0.05) is 14.2 Å². The molecule has 0 saturated heterocycles. The average molecular weight is 337 g/mol. The van der Waals surface area contributed by atoms with Crippen molar-refractivity contribution in [3.05, 3.63) is 27.7 Å². The number of nitrogens with one attached hydrogen (secondary N) is 1. The topological polar surface area (TPSA) is 29.1 Å². The standard InChI is InChI=1S/C12H15BrClNOS/c1-12(2,3)17-7-11(16)15-10-5-4-8(14)6-9(10)13/h4-6H,7H2,1-3H3,(H,15,16). The minimum absolute atomic E-state index is 0.00653. The molecule has 1 amide bonds. The lowest BCUT2D eigenvalue weighted by atomic mass is 10.3. The molecule has 5 heteroatoms. The van der Waals surface area contributed by atoms with Crippen molar-refractivity contribution in [2.45, 2.75) is 25.5 Å². The first kappa shape index (κ1) is 14.9. The Morgan fingerprint density at radius 1 is 1.47 bits per heavy atom. The summed E-state index contributed by atoms with van der Waals surface area (Å²) < 4.78 is 0.883. The van der Waals surface area contributed by atoms with Crippen LogP contribution in [-0.2, 0) is 4.79 Å². The second kappa shape index (κ2) is 6.12. The molecule has 17 heavy (non-hydrogen) atoms.